The number of thioether (sulfide) groups is 1. The van der Waals surface area contributed by atoms with Crippen molar-refractivity contribution in [3.63, 3.8) is 0 Å². The van der Waals surface area contributed by atoms with Crippen molar-refractivity contribution >= 4 is 41.1 Å². The Labute approximate surface area is 125 Å². The monoisotopic (exact) mass is 312 g/mol. The van der Waals surface area contributed by atoms with Crippen LogP contribution in [-0.2, 0) is 14.4 Å². The number of nitrogens with zero attached hydrogens (tertiary/aromatic N) is 1. The van der Waals surface area contributed by atoms with Crippen LogP contribution in [0.1, 0.15) is 6.42 Å². The van der Waals surface area contributed by atoms with Crippen LogP contribution >= 0.6 is 23.4 Å². The van der Waals surface area contributed by atoms with Gasteiger partial charge in [-0.05, 0) is 12.1 Å². The molecule has 2 rings (SSSR count). The fraction of sp³-hybridized carbons (Fsp3) is 0.308. The van der Waals surface area contributed by atoms with E-state index in [9.17, 15) is 14.4 Å². The summed E-state index contributed by atoms with van der Waals surface area (Å²) in [7, 11) is 0. The molecule has 1 heterocycles. The normalized spacial score (nSPS) is 15.2. The van der Waals surface area contributed by atoms with Crippen LogP contribution in [0.25, 0.3) is 0 Å². The van der Waals surface area contributed by atoms with E-state index < -0.39 is 11.8 Å². The minimum atomic E-state index is -0.437. The third-order valence-corrected chi connectivity index (χ3v) is 4.23. The molecule has 0 aromatic heterocycles. The molecule has 0 bridgehead atoms. The van der Waals surface area contributed by atoms with E-state index in [0.29, 0.717) is 10.8 Å². The van der Waals surface area contributed by atoms with E-state index in [0.717, 1.165) is 4.90 Å². The molecule has 1 N–H and O–H groups in total. The molecule has 1 fully saturated rings. The van der Waals surface area contributed by atoms with E-state index in [2.05, 4.69) is 5.32 Å². The number of benzene rings is 1. The standard InChI is InChI=1S/C13H13ClN2O3S/c14-9-3-1-2-4-10(9)20-6-5-13(19)16-7-11(17)15-12(18)8-16/h1-4H,5-8H2,(H,15,17,18). The molecule has 0 atom stereocenters. The zero-order chi connectivity index (χ0) is 14.5. The summed E-state index contributed by atoms with van der Waals surface area (Å²) in [4.78, 5) is 36.5. The van der Waals surface area contributed by atoms with E-state index in [4.69, 9.17) is 11.6 Å². The summed E-state index contributed by atoms with van der Waals surface area (Å²) in [5.74, 6) is -0.524. The number of nitrogens with one attached hydrogen (secondary N) is 1. The lowest BCUT2D eigenvalue weighted by atomic mass is 10.3. The average Bonchev–Trinajstić information content (AvgIpc) is 2.39. The SMILES string of the molecule is O=C1CN(C(=O)CCSc2ccccc2Cl)CC(=O)N1. The van der Waals surface area contributed by atoms with Gasteiger partial charge in [-0.2, -0.15) is 0 Å². The molecule has 5 nitrogen and oxygen atoms in total. The summed E-state index contributed by atoms with van der Waals surface area (Å²) < 4.78 is 0. The van der Waals surface area contributed by atoms with E-state index >= 15 is 0 Å². The number of rotatable bonds is 4. The highest BCUT2D eigenvalue weighted by atomic mass is 35.5. The minimum Gasteiger partial charge on any atom is -0.324 e. The van der Waals surface area contributed by atoms with Crippen molar-refractivity contribution in [3.05, 3.63) is 29.3 Å². The van der Waals surface area contributed by atoms with Crippen LogP contribution in [0, 0.1) is 0 Å². The highest BCUT2D eigenvalue weighted by Gasteiger charge is 2.25. The molecule has 0 saturated carbocycles. The number of hydrogen-bond donors (Lipinski definition) is 1. The maximum atomic E-state index is 11.9. The number of amides is 3. The second-order valence-corrected chi connectivity index (χ2v) is 5.79. The Balaban J connectivity index is 1.82. The maximum absolute atomic E-state index is 11.9. The van der Waals surface area contributed by atoms with Gasteiger partial charge in [-0.15, -0.1) is 11.8 Å². The number of carbonyl (C=O) groups excluding carboxylic acids is 3. The Morgan fingerprint density at radius 1 is 1.25 bits per heavy atom. The highest BCUT2D eigenvalue weighted by Crippen LogP contribution is 2.27. The second kappa shape index (κ2) is 6.76. The molecule has 1 aliphatic heterocycles. The summed E-state index contributed by atoms with van der Waals surface area (Å²) in [5.41, 5.74) is 0. The molecule has 1 saturated heterocycles. The van der Waals surface area contributed by atoms with Crippen LogP contribution in [0.3, 0.4) is 0 Å². The van der Waals surface area contributed by atoms with Crippen molar-refractivity contribution in [1.29, 1.82) is 0 Å². The minimum absolute atomic E-state index is 0.0542. The van der Waals surface area contributed by atoms with Crippen LogP contribution in [0.2, 0.25) is 5.02 Å². The van der Waals surface area contributed by atoms with Gasteiger partial charge in [0.05, 0.1) is 5.02 Å². The van der Waals surface area contributed by atoms with Gasteiger partial charge in [-0.3, -0.25) is 19.7 Å². The first kappa shape index (κ1) is 14.9. The zero-order valence-corrected chi connectivity index (χ0v) is 12.2. The van der Waals surface area contributed by atoms with Crippen LogP contribution < -0.4 is 5.32 Å². The molecule has 3 amide bonds. The molecule has 7 heteroatoms. The van der Waals surface area contributed by atoms with Gasteiger partial charge < -0.3 is 4.90 Å². The van der Waals surface area contributed by atoms with Crippen molar-refractivity contribution in [3.8, 4) is 0 Å². The van der Waals surface area contributed by atoms with Gasteiger partial charge in [0.25, 0.3) is 0 Å². The quantitative estimate of drug-likeness (QED) is 0.672. The fourth-order valence-corrected chi connectivity index (χ4v) is 2.96. The van der Waals surface area contributed by atoms with Gasteiger partial charge in [0.2, 0.25) is 17.7 Å². The lowest BCUT2D eigenvalue weighted by Gasteiger charge is -2.25. The molecule has 0 unspecified atom stereocenters. The molecule has 1 aromatic rings. The van der Waals surface area contributed by atoms with Crippen molar-refractivity contribution < 1.29 is 14.4 Å². The first-order valence-corrected chi connectivity index (χ1v) is 7.40. The summed E-state index contributed by atoms with van der Waals surface area (Å²) >= 11 is 7.49. The summed E-state index contributed by atoms with van der Waals surface area (Å²) in [5, 5.41) is 2.81. The Bertz CT molecular complexity index is 534. The third kappa shape index (κ3) is 3.98. The smallest absolute Gasteiger partial charge is 0.246 e. The van der Waals surface area contributed by atoms with Gasteiger partial charge in [0.15, 0.2) is 0 Å². The van der Waals surface area contributed by atoms with Gasteiger partial charge >= 0.3 is 0 Å². The zero-order valence-electron chi connectivity index (χ0n) is 10.6. The molecule has 1 aliphatic rings. The van der Waals surface area contributed by atoms with Crippen molar-refractivity contribution in [2.45, 2.75) is 11.3 Å². The van der Waals surface area contributed by atoms with Crippen molar-refractivity contribution in [2.75, 3.05) is 18.8 Å². The molecular weight excluding hydrogens is 300 g/mol. The van der Waals surface area contributed by atoms with E-state index in [1.165, 1.54) is 16.7 Å². The third-order valence-electron chi connectivity index (χ3n) is 2.71. The van der Waals surface area contributed by atoms with Crippen LogP contribution in [-0.4, -0.2) is 41.5 Å². The molecule has 0 radical (unpaired) electrons. The van der Waals surface area contributed by atoms with Gasteiger partial charge in [-0.25, -0.2) is 0 Å². The van der Waals surface area contributed by atoms with E-state index in [-0.39, 0.29) is 25.4 Å². The molecular formula is C13H13ClN2O3S. The second-order valence-electron chi connectivity index (χ2n) is 4.25. The number of halogens is 1. The van der Waals surface area contributed by atoms with Crippen LogP contribution in [0.15, 0.2) is 29.2 Å². The number of hydrogen-bond acceptors (Lipinski definition) is 4. The number of imide groups is 1. The van der Waals surface area contributed by atoms with E-state index in [1.807, 2.05) is 18.2 Å². The van der Waals surface area contributed by atoms with Crippen molar-refractivity contribution in [2.24, 2.45) is 0 Å². The highest BCUT2D eigenvalue weighted by molar-refractivity contribution is 7.99. The maximum Gasteiger partial charge on any atom is 0.246 e. The predicted octanol–water partition coefficient (Wildman–Crippen LogP) is 1.31. The lowest BCUT2D eigenvalue weighted by Crippen LogP contribution is -2.53. The molecule has 0 spiro atoms. The Kier molecular flexibility index (Phi) is 5.03. The van der Waals surface area contributed by atoms with E-state index in [1.54, 1.807) is 6.07 Å². The summed E-state index contributed by atoms with van der Waals surface area (Å²) in [6, 6.07) is 7.40. The summed E-state index contributed by atoms with van der Waals surface area (Å²) in [6.07, 6.45) is 0.260. The Morgan fingerprint density at radius 3 is 2.55 bits per heavy atom. The molecule has 0 aliphatic carbocycles. The molecule has 106 valence electrons. The van der Waals surface area contributed by atoms with Crippen LogP contribution in [0.4, 0.5) is 0 Å². The largest absolute Gasteiger partial charge is 0.324 e. The van der Waals surface area contributed by atoms with Crippen LogP contribution in [0.5, 0.6) is 0 Å². The van der Waals surface area contributed by atoms with Crippen molar-refractivity contribution in [1.82, 2.24) is 10.2 Å². The fourth-order valence-electron chi connectivity index (χ4n) is 1.78. The van der Waals surface area contributed by atoms with Gasteiger partial charge in [0.1, 0.15) is 13.1 Å². The topological polar surface area (TPSA) is 66.5 Å². The predicted molar refractivity (Wildman–Crippen MR) is 76.5 cm³/mol. The first-order valence-electron chi connectivity index (χ1n) is 6.04. The number of carbonyl (C=O) groups is 3. The Morgan fingerprint density at radius 2 is 1.90 bits per heavy atom. The number of piperazine rings is 1. The summed E-state index contributed by atoms with van der Waals surface area (Å²) in [6.45, 7) is -0.108. The van der Waals surface area contributed by atoms with Gasteiger partial charge in [-0.1, -0.05) is 23.7 Å². The Hall–Kier alpha value is -1.53. The molecule has 20 heavy (non-hydrogen) atoms. The van der Waals surface area contributed by atoms with Gasteiger partial charge in [0, 0.05) is 17.1 Å². The lowest BCUT2D eigenvalue weighted by molar-refractivity contribution is -0.145. The average molecular weight is 313 g/mol. The first-order chi connectivity index (χ1) is 9.56. The molecule has 1 aromatic carbocycles.